The van der Waals surface area contributed by atoms with Crippen molar-refractivity contribution in [3.8, 4) is 0 Å². The Morgan fingerprint density at radius 1 is 0.612 bits per heavy atom. The predicted molar refractivity (Wildman–Crippen MR) is 198 cm³/mol. The highest BCUT2D eigenvalue weighted by Crippen LogP contribution is 2.12. The van der Waals surface area contributed by atoms with Crippen LogP contribution < -0.4 is 0 Å². The van der Waals surface area contributed by atoms with Gasteiger partial charge in [0.2, 0.25) is 0 Å². The minimum Gasteiger partial charge on any atom is -0.477 e. The minimum absolute atomic E-state index is 0.183. The fourth-order valence-corrected chi connectivity index (χ4v) is 4.79. The first-order valence-corrected chi connectivity index (χ1v) is 19.2. The van der Waals surface area contributed by atoms with Crippen LogP contribution in [0, 0.1) is 0 Å². The number of carbonyl (C=O) groups is 3. The van der Waals surface area contributed by atoms with Crippen LogP contribution in [0.25, 0.3) is 0 Å². The van der Waals surface area contributed by atoms with Gasteiger partial charge in [-0.1, -0.05) is 108 Å². The summed E-state index contributed by atoms with van der Waals surface area (Å²) in [5.74, 6) is -2.05. The predicted octanol–water partition coefficient (Wildman–Crippen LogP) is 9.10. The molecule has 0 aromatic rings. The number of likely N-dealkylation sites (N-methyl/N-ethyl adjacent to an activating group) is 1. The molecule has 0 heterocycles. The maximum absolute atomic E-state index is 12.7. The van der Waals surface area contributed by atoms with Gasteiger partial charge in [-0.05, 0) is 57.8 Å². The van der Waals surface area contributed by atoms with Crippen molar-refractivity contribution in [2.75, 3.05) is 47.5 Å². The van der Waals surface area contributed by atoms with E-state index in [0.29, 0.717) is 17.4 Å². The van der Waals surface area contributed by atoms with Gasteiger partial charge in [-0.25, -0.2) is 4.79 Å². The second-order valence-electron chi connectivity index (χ2n) is 13.9. The van der Waals surface area contributed by atoms with Crippen LogP contribution in [0.2, 0.25) is 0 Å². The molecule has 0 rings (SSSR count). The van der Waals surface area contributed by atoms with Crippen LogP contribution in [0.4, 0.5) is 0 Å². The van der Waals surface area contributed by atoms with E-state index in [0.717, 1.165) is 89.9 Å². The molecule has 0 saturated carbocycles. The maximum atomic E-state index is 12.7. The van der Waals surface area contributed by atoms with E-state index in [1.165, 1.54) is 19.3 Å². The summed E-state index contributed by atoms with van der Waals surface area (Å²) in [6.07, 6.45) is 30.6. The van der Waals surface area contributed by atoms with E-state index in [1.54, 1.807) is 0 Å². The SMILES string of the molecule is CCC/C=C\CCCCCCCC(=O)OCC(COC(OCC[N+](C)(C)C)C(=O)O)OC(=O)CCCCCCC/C=C\C/C=C\CCCC. The molecule has 9 heteroatoms. The Labute approximate surface area is 299 Å². The van der Waals surface area contributed by atoms with Crippen molar-refractivity contribution in [3.63, 3.8) is 0 Å². The van der Waals surface area contributed by atoms with Crippen LogP contribution in [0.15, 0.2) is 36.5 Å². The van der Waals surface area contributed by atoms with Crippen LogP contribution in [0.5, 0.6) is 0 Å². The van der Waals surface area contributed by atoms with Crippen molar-refractivity contribution in [1.82, 2.24) is 0 Å². The van der Waals surface area contributed by atoms with Crippen LogP contribution in [0.3, 0.4) is 0 Å². The van der Waals surface area contributed by atoms with E-state index in [2.05, 4.69) is 50.3 Å². The largest absolute Gasteiger partial charge is 0.477 e. The van der Waals surface area contributed by atoms with Crippen LogP contribution >= 0.6 is 0 Å². The molecule has 284 valence electrons. The molecule has 0 spiro atoms. The van der Waals surface area contributed by atoms with Crippen molar-refractivity contribution < 1.29 is 42.9 Å². The van der Waals surface area contributed by atoms with E-state index >= 15 is 0 Å². The molecule has 0 aliphatic carbocycles. The molecule has 9 nitrogen and oxygen atoms in total. The molecule has 2 unspecified atom stereocenters. The second-order valence-corrected chi connectivity index (χ2v) is 13.9. The first kappa shape index (κ1) is 46.5. The van der Waals surface area contributed by atoms with Gasteiger partial charge in [0.25, 0.3) is 6.29 Å². The number of hydrogen-bond donors (Lipinski definition) is 1. The van der Waals surface area contributed by atoms with Gasteiger partial charge in [-0.3, -0.25) is 9.59 Å². The molecule has 2 atom stereocenters. The molecule has 0 aromatic heterocycles. The highest BCUT2D eigenvalue weighted by molar-refractivity contribution is 5.71. The first-order chi connectivity index (χ1) is 23.6. The topological polar surface area (TPSA) is 108 Å². The second kappa shape index (κ2) is 32.7. The van der Waals surface area contributed by atoms with E-state index in [9.17, 15) is 19.5 Å². The smallest absolute Gasteiger partial charge is 0.361 e. The fourth-order valence-electron chi connectivity index (χ4n) is 4.79. The van der Waals surface area contributed by atoms with Crippen molar-refractivity contribution in [2.24, 2.45) is 0 Å². The van der Waals surface area contributed by atoms with Crippen molar-refractivity contribution in [2.45, 2.75) is 155 Å². The molecule has 0 aliphatic heterocycles. The third-order valence-electron chi connectivity index (χ3n) is 7.85. The first-order valence-electron chi connectivity index (χ1n) is 19.2. The highest BCUT2D eigenvalue weighted by Gasteiger charge is 2.25. The Bertz CT molecular complexity index is 908. The van der Waals surface area contributed by atoms with Crippen molar-refractivity contribution in [3.05, 3.63) is 36.5 Å². The zero-order chi connectivity index (χ0) is 36.4. The summed E-state index contributed by atoms with van der Waals surface area (Å²) in [4.78, 5) is 36.8. The number of rotatable bonds is 34. The number of esters is 2. The summed E-state index contributed by atoms with van der Waals surface area (Å²) in [6, 6.07) is 0. The summed E-state index contributed by atoms with van der Waals surface area (Å²) in [5, 5.41) is 9.58. The zero-order valence-corrected chi connectivity index (χ0v) is 31.8. The lowest BCUT2D eigenvalue weighted by atomic mass is 10.1. The normalized spacial score (nSPS) is 13.4. The number of quaternary nitrogens is 1. The lowest BCUT2D eigenvalue weighted by Crippen LogP contribution is -2.40. The van der Waals surface area contributed by atoms with E-state index in [-0.39, 0.29) is 38.6 Å². The molecule has 0 aliphatic rings. The fraction of sp³-hybridized carbons (Fsp3) is 0.775. The average molecular weight is 695 g/mol. The quantitative estimate of drug-likeness (QED) is 0.0234. The summed E-state index contributed by atoms with van der Waals surface area (Å²) in [7, 11) is 5.93. The maximum Gasteiger partial charge on any atom is 0.361 e. The Hall–Kier alpha value is -2.49. The van der Waals surface area contributed by atoms with Crippen LogP contribution in [-0.4, -0.2) is 87.4 Å². The number of carbonyl (C=O) groups excluding carboxylic acids is 2. The lowest BCUT2D eigenvalue weighted by molar-refractivity contribution is -0.870. The number of nitrogens with zero attached hydrogens (tertiary/aromatic N) is 1. The summed E-state index contributed by atoms with van der Waals surface area (Å²) >= 11 is 0. The van der Waals surface area contributed by atoms with E-state index in [4.69, 9.17) is 18.9 Å². The standard InChI is InChI=1S/C40H71NO8/c1-6-8-10-12-14-16-18-19-20-21-23-25-27-29-31-38(43)49-36(35-48-40(39(44)45)46-33-32-41(3,4)5)34-47-37(42)30-28-26-24-22-17-15-13-11-9-7-2/h11-14,18-19,36,40H,6-10,15-17,20-35H2,1-5H3/p+1/b13-11-,14-12-,19-18-. The Morgan fingerprint density at radius 3 is 1.71 bits per heavy atom. The van der Waals surface area contributed by atoms with Crippen LogP contribution in [-0.2, 0) is 33.3 Å². The number of carboxylic acids is 1. The van der Waals surface area contributed by atoms with Gasteiger partial charge < -0.3 is 28.5 Å². The molecule has 0 bridgehead atoms. The number of hydrogen-bond acceptors (Lipinski definition) is 7. The van der Waals surface area contributed by atoms with Gasteiger partial charge in [-0.15, -0.1) is 0 Å². The molecule has 0 radical (unpaired) electrons. The average Bonchev–Trinajstić information content (AvgIpc) is 3.05. The van der Waals surface area contributed by atoms with E-state index in [1.807, 2.05) is 21.1 Å². The third kappa shape index (κ3) is 33.8. The van der Waals surface area contributed by atoms with Gasteiger partial charge in [-0.2, -0.15) is 0 Å². The molecule has 49 heavy (non-hydrogen) atoms. The van der Waals surface area contributed by atoms with Gasteiger partial charge in [0.05, 0.1) is 34.4 Å². The third-order valence-corrected chi connectivity index (χ3v) is 7.85. The number of unbranched alkanes of at least 4 members (excludes halogenated alkanes) is 13. The van der Waals surface area contributed by atoms with Gasteiger partial charge >= 0.3 is 17.9 Å². The van der Waals surface area contributed by atoms with Gasteiger partial charge in [0.1, 0.15) is 13.2 Å². The molecule has 0 fully saturated rings. The van der Waals surface area contributed by atoms with E-state index < -0.39 is 24.3 Å². The van der Waals surface area contributed by atoms with Gasteiger partial charge in [0, 0.05) is 12.8 Å². The monoisotopic (exact) mass is 695 g/mol. The Kier molecular flexibility index (Phi) is 31.0. The van der Waals surface area contributed by atoms with Crippen molar-refractivity contribution in [1.29, 1.82) is 0 Å². The molecule has 1 N–H and O–H groups in total. The highest BCUT2D eigenvalue weighted by atomic mass is 16.7. The molecular formula is C40H72NO8+. The lowest BCUT2D eigenvalue weighted by Gasteiger charge is -2.25. The summed E-state index contributed by atoms with van der Waals surface area (Å²) in [6.45, 7) is 4.71. The molecule has 0 saturated heterocycles. The van der Waals surface area contributed by atoms with Crippen LogP contribution in [0.1, 0.15) is 142 Å². The number of allylic oxidation sites excluding steroid dienone is 6. The summed E-state index contributed by atoms with van der Waals surface area (Å²) < 4.78 is 22.6. The summed E-state index contributed by atoms with van der Waals surface area (Å²) in [5.41, 5.74) is 0. The number of carboxylic acid groups (broad SMARTS) is 1. The Balaban J connectivity index is 4.58. The minimum atomic E-state index is -1.51. The number of ether oxygens (including phenoxy) is 4. The molecule has 0 aromatic carbocycles. The molecular weight excluding hydrogens is 622 g/mol. The Morgan fingerprint density at radius 2 is 1.14 bits per heavy atom. The number of aliphatic carboxylic acids is 1. The molecule has 0 amide bonds. The zero-order valence-electron chi connectivity index (χ0n) is 31.8. The van der Waals surface area contributed by atoms with Gasteiger partial charge in [0.15, 0.2) is 6.10 Å². The van der Waals surface area contributed by atoms with Crippen molar-refractivity contribution >= 4 is 17.9 Å².